The standard InChI is InChI=1S/C21H24N6O2/c1-12-5-6-15(4)17(10-12)24-21(29)19-20(22)27(26-25-19)11-18(28)23-16-8-13(2)7-14(3)9-16/h5-10H,11,22H2,1-4H3,(H,23,28)(H,24,29). The first-order chi connectivity index (χ1) is 13.7. The first-order valence-electron chi connectivity index (χ1n) is 9.18. The summed E-state index contributed by atoms with van der Waals surface area (Å²) in [4.78, 5) is 24.9. The number of carbonyl (C=O) groups is 2. The molecule has 0 saturated heterocycles. The topological polar surface area (TPSA) is 115 Å². The third-order valence-electron chi connectivity index (χ3n) is 4.43. The summed E-state index contributed by atoms with van der Waals surface area (Å²) < 4.78 is 1.20. The highest BCUT2D eigenvalue weighted by Crippen LogP contribution is 2.19. The van der Waals surface area contributed by atoms with Crippen molar-refractivity contribution < 1.29 is 9.59 Å². The van der Waals surface area contributed by atoms with Crippen LogP contribution in [0.1, 0.15) is 32.7 Å². The summed E-state index contributed by atoms with van der Waals surface area (Å²) in [6.07, 6.45) is 0. The van der Waals surface area contributed by atoms with E-state index in [2.05, 4.69) is 20.9 Å². The van der Waals surface area contributed by atoms with E-state index >= 15 is 0 Å². The molecule has 2 aromatic carbocycles. The normalized spacial score (nSPS) is 10.6. The Morgan fingerprint density at radius 2 is 1.66 bits per heavy atom. The number of carbonyl (C=O) groups excluding carboxylic acids is 2. The molecule has 150 valence electrons. The molecule has 0 fully saturated rings. The van der Waals surface area contributed by atoms with Gasteiger partial charge >= 0.3 is 0 Å². The summed E-state index contributed by atoms with van der Waals surface area (Å²) in [6, 6.07) is 11.5. The molecule has 0 bridgehead atoms. The first kappa shape index (κ1) is 20.1. The molecule has 0 aliphatic heterocycles. The van der Waals surface area contributed by atoms with Crippen LogP contribution in [0.25, 0.3) is 0 Å². The van der Waals surface area contributed by atoms with Gasteiger partial charge in [-0.25, -0.2) is 4.68 Å². The maximum atomic E-state index is 12.6. The minimum atomic E-state index is -0.475. The largest absolute Gasteiger partial charge is 0.382 e. The van der Waals surface area contributed by atoms with E-state index in [1.54, 1.807) is 0 Å². The number of nitrogen functional groups attached to an aromatic ring is 1. The van der Waals surface area contributed by atoms with Crippen LogP contribution in [0.15, 0.2) is 36.4 Å². The van der Waals surface area contributed by atoms with Gasteiger partial charge in [0.25, 0.3) is 5.91 Å². The van der Waals surface area contributed by atoms with Crippen LogP contribution in [-0.2, 0) is 11.3 Å². The van der Waals surface area contributed by atoms with E-state index in [1.807, 2.05) is 64.1 Å². The third-order valence-corrected chi connectivity index (χ3v) is 4.43. The summed E-state index contributed by atoms with van der Waals surface area (Å²) in [5.74, 6) is -0.756. The van der Waals surface area contributed by atoms with Crippen molar-refractivity contribution in [1.29, 1.82) is 0 Å². The molecule has 3 aromatic rings. The number of hydrogen-bond donors (Lipinski definition) is 3. The fraction of sp³-hybridized carbons (Fsp3) is 0.238. The highest BCUT2D eigenvalue weighted by atomic mass is 16.2. The van der Waals surface area contributed by atoms with Gasteiger partial charge < -0.3 is 16.4 Å². The van der Waals surface area contributed by atoms with Crippen molar-refractivity contribution in [3.8, 4) is 0 Å². The van der Waals surface area contributed by atoms with Crippen LogP contribution < -0.4 is 16.4 Å². The fourth-order valence-corrected chi connectivity index (χ4v) is 3.03. The Kier molecular flexibility index (Phi) is 5.63. The SMILES string of the molecule is Cc1cc(C)cc(NC(=O)Cn2nnc(C(=O)Nc3cc(C)ccc3C)c2N)c1. The number of nitrogens with zero attached hydrogens (tertiary/aromatic N) is 3. The maximum absolute atomic E-state index is 12.6. The number of nitrogens with one attached hydrogen (secondary N) is 2. The number of nitrogens with two attached hydrogens (primary N) is 1. The van der Waals surface area contributed by atoms with E-state index in [0.717, 1.165) is 22.3 Å². The molecule has 1 aromatic heterocycles. The minimum absolute atomic E-state index is 0.0230. The Labute approximate surface area is 169 Å². The Bertz CT molecular complexity index is 1070. The van der Waals surface area contributed by atoms with Gasteiger partial charge in [-0.15, -0.1) is 5.10 Å². The van der Waals surface area contributed by atoms with E-state index in [1.165, 1.54) is 4.68 Å². The molecule has 0 radical (unpaired) electrons. The van der Waals surface area contributed by atoms with Gasteiger partial charge in [0, 0.05) is 11.4 Å². The molecule has 0 atom stereocenters. The van der Waals surface area contributed by atoms with Gasteiger partial charge in [-0.3, -0.25) is 9.59 Å². The van der Waals surface area contributed by atoms with Crippen molar-refractivity contribution in [2.45, 2.75) is 34.2 Å². The van der Waals surface area contributed by atoms with E-state index in [-0.39, 0.29) is 24.0 Å². The van der Waals surface area contributed by atoms with E-state index in [9.17, 15) is 9.59 Å². The summed E-state index contributed by atoms with van der Waals surface area (Å²) in [5, 5.41) is 13.3. The smallest absolute Gasteiger partial charge is 0.280 e. The van der Waals surface area contributed by atoms with Gasteiger partial charge in [-0.2, -0.15) is 0 Å². The van der Waals surface area contributed by atoms with E-state index in [4.69, 9.17) is 5.73 Å². The fourth-order valence-electron chi connectivity index (χ4n) is 3.03. The monoisotopic (exact) mass is 392 g/mol. The van der Waals surface area contributed by atoms with Gasteiger partial charge in [-0.05, 0) is 68.1 Å². The van der Waals surface area contributed by atoms with Crippen molar-refractivity contribution in [3.63, 3.8) is 0 Å². The Balaban J connectivity index is 1.70. The molecule has 2 amide bonds. The molecule has 3 rings (SSSR count). The lowest BCUT2D eigenvalue weighted by molar-refractivity contribution is -0.116. The molecule has 0 aliphatic carbocycles. The summed E-state index contributed by atoms with van der Waals surface area (Å²) in [5.41, 5.74) is 11.4. The van der Waals surface area contributed by atoms with Crippen molar-refractivity contribution in [3.05, 3.63) is 64.3 Å². The van der Waals surface area contributed by atoms with Crippen LogP contribution in [0.5, 0.6) is 0 Å². The van der Waals surface area contributed by atoms with Gasteiger partial charge in [0.05, 0.1) is 0 Å². The highest BCUT2D eigenvalue weighted by Gasteiger charge is 2.19. The number of aromatic nitrogens is 3. The summed E-state index contributed by atoms with van der Waals surface area (Å²) in [7, 11) is 0. The average Bonchev–Trinajstić information content (AvgIpc) is 2.97. The van der Waals surface area contributed by atoms with Gasteiger partial charge in [-0.1, -0.05) is 23.4 Å². The van der Waals surface area contributed by atoms with E-state index in [0.29, 0.717) is 11.4 Å². The molecule has 4 N–H and O–H groups in total. The number of benzene rings is 2. The van der Waals surface area contributed by atoms with Crippen LogP contribution in [0.4, 0.5) is 17.2 Å². The van der Waals surface area contributed by atoms with Crippen LogP contribution in [0.2, 0.25) is 0 Å². The number of amides is 2. The number of rotatable bonds is 5. The lowest BCUT2D eigenvalue weighted by atomic mass is 10.1. The first-order valence-corrected chi connectivity index (χ1v) is 9.18. The molecular weight excluding hydrogens is 368 g/mol. The molecule has 29 heavy (non-hydrogen) atoms. The van der Waals surface area contributed by atoms with Crippen LogP contribution in [0, 0.1) is 27.7 Å². The van der Waals surface area contributed by atoms with Gasteiger partial charge in [0.1, 0.15) is 6.54 Å². The predicted molar refractivity (Wildman–Crippen MR) is 113 cm³/mol. The molecule has 0 unspecified atom stereocenters. The molecular formula is C21H24N6O2. The van der Waals surface area contributed by atoms with Crippen LogP contribution in [-0.4, -0.2) is 26.8 Å². The van der Waals surface area contributed by atoms with Crippen molar-refractivity contribution in [2.24, 2.45) is 0 Å². The zero-order valence-corrected chi connectivity index (χ0v) is 16.9. The zero-order valence-electron chi connectivity index (χ0n) is 16.9. The van der Waals surface area contributed by atoms with E-state index < -0.39 is 5.91 Å². The summed E-state index contributed by atoms with van der Waals surface area (Å²) >= 11 is 0. The Hall–Kier alpha value is -3.68. The molecule has 0 saturated carbocycles. The number of aryl methyl sites for hydroxylation is 4. The Morgan fingerprint density at radius 3 is 2.34 bits per heavy atom. The molecule has 8 nitrogen and oxygen atoms in total. The molecule has 1 heterocycles. The molecule has 0 spiro atoms. The number of hydrogen-bond acceptors (Lipinski definition) is 5. The predicted octanol–water partition coefficient (Wildman–Crippen LogP) is 2.98. The molecule has 0 aliphatic rings. The average molecular weight is 392 g/mol. The maximum Gasteiger partial charge on any atom is 0.280 e. The quantitative estimate of drug-likeness (QED) is 0.617. The Morgan fingerprint density at radius 1 is 0.966 bits per heavy atom. The highest BCUT2D eigenvalue weighted by molar-refractivity contribution is 6.06. The minimum Gasteiger partial charge on any atom is -0.382 e. The lowest BCUT2D eigenvalue weighted by Gasteiger charge is -2.09. The zero-order chi connectivity index (χ0) is 21.1. The van der Waals surface area contributed by atoms with Gasteiger partial charge in [0.15, 0.2) is 11.5 Å². The summed E-state index contributed by atoms with van der Waals surface area (Å²) in [6.45, 7) is 7.60. The van der Waals surface area contributed by atoms with Crippen LogP contribution >= 0.6 is 0 Å². The second-order valence-electron chi connectivity index (χ2n) is 7.18. The molecule has 8 heteroatoms. The lowest BCUT2D eigenvalue weighted by Crippen LogP contribution is -2.21. The van der Waals surface area contributed by atoms with Crippen molar-refractivity contribution >= 4 is 29.0 Å². The third kappa shape index (κ3) is 4.78. The van der Waals surface area contributed by atoms with Crippen molar-refractivity contribution in [1.82, 2.24) is 15.0 Å². The van der Waals surface area contributed by atoms with Crippen molar-refractivity contribution in [2.75, 3.05) is 16.4 Å². The second kappa shape index (κ2) is 8.14. The van der Waals surface area contributed by atoms with Gasteiger partial charge in [0.2, 0.25) is 5.91 Å². The second-order valence-corrected chi connectivity index (χ2v) is 7.18. The number of anilines is 3. The van der Waals surface area contributed by atoms with Crippen LogP contribution in [0.3, 0.4) is 0 Å².